The highest BCUT2D eigenvalue weighted by Gasteiger charge is 2.20. The first-order valence-corrected chi connectivity index (χ1v) is 8.82. The number of rotatable bonds is 6. The molecule has 25 heavy (non-hydrogen) atoms. The topological polar surface area (TPSA) is 95.3 Å². The summed E-state index contributed by atoms with van der Waals surface area (Å²) < 4.78 is 0. The monoisotopic (exact) mass is 357 g/mol. The highest BCUT2D eigenvalue weighted by Crippen LogP contribution is 2.37. The molecule has 3 N–H and O–H groups in total. The molecule has 0 aliphatic rings. The summed E-state index contributed by atoms with van der Waals surface area (Å²) >= 11 is 1.48. The zero-order valence-electron chi connectivity index (χ0n) is 13.9. The quantitative estimate of drug-likeness (QED) is 0.626. The Labute approximate surface area is 149 Å². The van der Waals surface area contributed by atoms with Crippen molar-refractivity contribution in [2.45, 2.75) is 25.8 Å². The molecule has 1 unspecified atom stereocenters. The highest BCUT2D eigenvalue weighted by molar-refractivity contribution is 7.17. The molecule has 0 saturated heterocycles. The summed E-state index contributed by atoms with van der Waals surface area (Å²) in [4.78, 5) is 20.4. The molecule has 3 rings (SSSR count). The minimum absolute atomic E-state index is 0.413. The van der Waals surface area contributed by atoms with Gasteiger partial charge in [-0.3, -0.25) is 0 Å². The van der Waals surface area contributed by atoms with Crippen molar-refractivity contribution in [3.8, 4) is 11.1 Å². The van der Waals surface area contributed by atoms with Crippen LogP contribution in [0.15, 0.2) is 36.0 Å². The maximum absolute atomic E-state index is 11.2. The Morgan fingerprint density at radius 2 is 1.96 bits per heavy atom. The average molecular weight is 357 g/mol. The summed E-state index contributed by atoms with van der Waals surface area (Å²) in [5.41, 5.74) is 3.22. The van der Waals surface area contributed by atoms with E-state index in [1.54, 1.807) is 0 Å². The van der Waals surface area contributed by atoms with Crippen LogP contribution in [-0.2, 0) is 4.79 Å². The van der Waals surface area contributed by atoms with Gasteiger partial charge in [-0.1, -0.05) is 38.1 Å². The Kier molecular flexibility index (Phi) is 4.96. The van der Waals surface area contributed by atoms with Gasteiger partial charge in [0, 0.05) is 10.9 Å². The van der Waals surface area contributed by atoms with Crippen LogP contribution in [0.5, 0.6) is 0 Å². The Morgan fingerprint density at radius 1 is 1.24 bits per heavy atom. The van der Waals surface area contributed by atoms with Crippen molar-refractivity contribution in [3.63, 3.8) is 0 Å². The van der Waals surface area contributed by atoms with Crippen molar-refractivity contribution < 1.29 is 15.0 Å². The van der Waals surface area contributed by atoms with Gasteiger partial charge in [-0.05, 0) is 17.0 Å². The van der Waals surface area contributed by atoms with Crippen LogP contribution in [0.4, 0.5) is 5.82 Å². The molecule has 2 heterocycles. The number of carboxylic acids is 1. The van der Waals surface area contributed by atoms with Crippen LogP contribution in [0, 0.1) is 0 Å². The molecular formula is C18H19N3O3S. The first-order chi connectivity index (χ1) is 12.0. The third kappa shape index (κ3) is 3.47. The maximum Gasteiger partial charge on any atom is 0.328 e. The zero-order chi connectivity index (χ0) is 18.0. The number of carboxylic acid groups (broad SMARTS) is 1. The minimum Gasteiger partial charge on any atom is -0.480 e. The van der Waals surface area contributed by atoms with E-state index in [4.69, 9.17) is 5.11 Å². The number of hydrogen-bond acceptors (Lipinski definition) is 6. The van der Waals surface area contributed by atoms with E-state index in [0.29, 0.717) is 11.7 Å². The van der Waals surface area contributed by atoms with E-state index in [-0.39, 0.29) is 0 Å². The molecule has 0 amide bonds. The Balaban J connectivity index is 2.06. The van der Waals surface area contributed by atoms with Gasteiger partial charge in [-0.25, -0.2) is 14.8 Å². The van der Waals surface area contributed by atoms with Crippen molar-refractivity contribution in [1.82, 2.24) is 9.97 Å². The second-order valence-corrected chi connectivity index (χ2v) is 6.90. The molecule has 1 aromatic carbocycles. The number of thiophene rings is 1. The van der Waals surface area contributed by atoms with Gasteiger partial charge in [0.1, 0.15) is 23.0 Å². The molecule has 3 aromatic rings. The van der Waals surface area contributed by atoms with Crippen LogP contribution in [0.25, 0.3) is 21.3 Å². The summed E-state index contributed by atoms with van der Waals surface area (Å²) in [5.74, 6) is -0.266. The molecule has 0 bridgehead atoms. The van der Waals surface area contributed by atoms with Gasteiger partial charge in [0.2, 0.25) is 0 Å². The second kappa shape index (κ2) is 7.16. The van der Waals surface area contributed by atoms with E-state index >= 15 is 0 Å². The fourth-order valence-electron chi connectivity index (χ4n) is 2.60. The van der Waals surface area contributed by atoms with Gasteiger partial charge in [0.25, 0.3) is 0 Å². The van der Waals surface area contributed by atoms with E-state index in [1.807, 2.05) is 17.5 Å². The van der Waals surface area contributed by atoms with Crippen LogP contribution in [-0.4, -0.2) is 38.8 Å². The van der Waals surface area contributed by atoms with Gasteiger partial charge in [-0.15, -0.1) is 11.3 Å². The van der Waals surface area contributed by atoms with Crippen LogP contribution in [0.3, 0.4) is 0 Å². The van der Waals surface area contributed by atoms with Gasteiger partial charge >= 0.3 is 5.97 Å². The molecular weight excluding hydrogens is 338 g/mol. The van der Waals surface area contributed by atoms with E-state index in [9.17, 15) is 9.90 Å². The molecule has 6 nitrogen and oxygen atoms in total. The third-order valence-corrected chi connectivity index (χ3v) is 4.94. The van der Waals surface area contributed by atoms with Gasteiger partial charge in [0.05, 0.1) is 12.0 Å². The number of hydrogen-bond donors (Lipinski definition) is 3. The largest absolute Gasteiger partial charge is 0.480 e. The molecule has 1 atom stereocenters. The molecule has 0 spiro atoms. The summed E-state index contributed by atoms with van der Waals surface area (Å²) in [7, 11) is 0. The zero-order valence-corrected chi connectivity index (χ0v) is 14.7. The number of aliphatic carboxylic acids is 1. The van der Waals surface area contributed by atoms with E-state index in [0.717, 1.165) is 21.3 Å². The summed E-state index contributed by atoms with van der Waals surface area (Å²) in [5, 5.41) is 24.0. The lowest BCUT2D eigenvalue weighted by Crippen LogP contribution is -2.33. The third-order valence-electron chi connectivity index (χ3n) is 4.05. The second-order valence-electron chi connectivity index (χ2n) is 6.05. The number of aromatic nitrogens is 2. The Hall–Kier alpha value is -2.51. The molecule has 2 aromatic heterocycles. The number of aliphatic hydroxyl groups is 1. The first kappa shape index (κ1) is 17.3. The maximum atomic E-state index is 11.2. The molecule has 0 aliphatic carbocycles. The standard InChI is InChI=1S/C18H19N3O3S/c1-10(2)11-3-5-12(6-4-11)13-8-25-17-15(13)16(19-9-20-17)21-14(7-22)18(23)24/h3-6,8-10,14,22H,7H2,1-2H3,(H,23,24)(H,19,20,21). The lowest BCUT2D eigenvalue weighted by molar-refractivity contribution is -0.138. The van der Waals surface area contributed by atoms with Crippen LogP contribution in [0.1, 0.15) is 25.3 Å². The average Bonchev–Trinajstić information content (AvgIpc) is 3.04. The van der Waals surface area contributed by atoms with Crippen molar-refractivity contribution in [3.05, 3.63) is 41.5 Å². The number of nitrogens with zero attached hydrogens (tertiary/aromatic N) is 2. The van der Waals surface area contributed by atoms with Crippen molar-refractivity contribution in [2.24, 2.45) is 0 Å². The Bertz CT molecular complexity index is 890. The summed E-state index contributed by atoms with van der Waals surface area (Å²) in [6, 6.07) is 7.17. The number of fused-ring (bicyclic) bond motifs is 1. The lowest BCUT2D eigenvalue weighted by atomic mass is 9.99. The van der Waals surface area contributed by atoms with Crippen LogP contribution in [0.2, 0.25) is 0 Å². The van der Waals surface area contributed by atoms with E-state index < -0.39 is 18.6 Å². The SMILES string of the molecule is CC(C)c1ccc(-c2csc3ncnc(NC(CO)C(=O)O)c23)cc1. The summed E-state index contributed by atoms with van der Waals surface area (Å²) in [6.45, 7) is 3.76. The van der Waals surface area contributed by atoms with E-state index in [1.165, 1.54) is 23.2 Å². The molecule has 0 aliphatic heterocycles. The van der Waals surface area contributed by atoms with Crippen molar-refractivity contribution >= 4 is 33.3 Å². The van der Waals surface area contributed by atoms with Crippen LogP contribution >= 0.6 is 11.3 Å². The summed E-state index contributed by atoms with van der Waals surface area (Å²) in [6.07, 6.45) is 1.39. The fourth-order valence-corrected chi connectivity index (χ4v) is 3.51. The molecule has 0 saturated carbocycles. The first-order valence-electron chi connectivity index (χ1n) is 7.94. The Morgan fingerprint density at radius 3 is 2.56 bits per heavy atom. The van der Waals surface area contributed by atoms with Gasteiger partial charge < -0.3 is 15.5 Å². The molecule has 0 fully saturated rings. The number of aliphatic hydroxyl groups excluding tert-OH is 1. The van der Waals surface area contributed by atoms with Gasteiger partial charge in [0.15, 0.2) is 0 Å². The van der Waals surface area contributed by atoms with E-state index in [2.05, 4.69) is 41.3 Å². The molecule has 7 heteroatoms. The predicted molar refractivity (Wildman–Crippen MR) is 99.1 cm³/mol. The molecule has 0 radical (unpaired) electrons. The number of carbonyl (C=O) groups is 1. The number of nitrogens with one attached hydrogen (secondary N) is 1. The highest BCUT2D eigenvalue weighted by atomic mass is 32.1. The van der Waals surface area contributed by atoms with Gasteiger partial charge in [-0.2, -0.15) is 0 Å². The fraction of sp³-hybridized carbons (Fsp3) is 0.278. The number of benzene rings is 1. The van der Waals surface area contributed by atoms with Crippen molar-refractivity contribution in [2.75, 3.05) is 11.9 Å². The minimum atomic E-state index is -1.13. The smallest absolute Gasteiger partial charge is 0.328 e. The normalized spacial score (nSPS) is 12.5. The van der Waals surface area contributed by atoms with Crippen LogP contribution < -0.4 is 5.32 Å². The van der Waals surface area contributed by atoms with Crippen molar-refractivity contribution in [1.29, 1.82) is 0 Å². The number of anilines is 1. The predicted octanol–water partition coefficient (Wildman–Crippen LogP) is 3.34. The lowest BCUT2D eigenvalue weighted by Gasteiger charge is -2.14. The molecule has 130 valence electrons.